The quantitative estimate of drug-likeness (QED) is 0.584. The Balaban J connectivity index is 1.46. The van der Waals surface area contributed by atoms with Gasteiger partial charge in [-0.25, -0.2) is 0 Å². The van der Waals surface area contributed by atoms with Gasteiger partial charge in [0.25, 0.3) is 5.91 Å². The largest absolute Gasteiger partial charge is 0.374 e. The first-order valence-electron chi connectivity index (χ1n) is 9.25. The van der Waals surface area contributed by atoms with E-state index in [4.69, 9.17) is 4.74 Å². The van der Waals surface area contributed by atoms with Gasteiger partial charge in [0.05, 0.1) is 0 Å². The molecule has 1 aromatic rings. The smallest absolute Gasteiger partial charge is 0.255 e. The van der Waals surface area contributed by atoms with Crippen molar-refractivity contribution in [2.45, 2.75) is 37.6 Å². The fourth-order valence-corrected chi connectivity index (χ4v) is 4.01. The van der Waals surface area contributed by atoms with E-state index in [0.717, 1.165) is 24.2 Å². The molecule has 3 heterocycles. The van der Waals surface area contributed by atoms with E-state index in [-0.39, 0.29) is 29.7 Å². The molecule has 0 radical (unpaired) electrons. The summed E-state index contributed by atoms with van der Waals surface area (Å²) >= 11 is 0. The number of piperidine rings is 1. The van der Waals surface area contributed by atoms with Crippen molar-refractivity contribution in [1.82, 2.24) is 20.9 Å². The Labute approximate surface area is 157 Å². The molecule has 3 aliphatic heterocycles. The predicted octanol–water partition coefficient (Wildman–Crippen LogP) is -0.474. The number of hydrogen-bond donors (Lipinski definition) is 3. The molecule has 1 aromatic carbocycles. The first-order valence-corrected chi connectivity index (χ1v) is 9.25. The van der Waals surface area contributed by atoms with Crippen molar-refractivity contribution in [3.63, 3.8) is 0 Å². The van der Waals surface area contributed by atoms with Gasteiger partial charge in [-0.05, 0) is 17.5 Å². The number of hydrogen-bond acceptors (Lipinski definition) is 6. The summed E-state index contributed by atoms with van der Waals surface area (Å²) in [6.45, 7) is 3.28. The number of nitrogens with one attached hydrogen (secondary N) is 3. The number of benzene rings is 1. The minimum Gasteiger partial charge on any atom is -0.374 e. The van der Waals surface area contributed by atoms with E-state index >= 15 is 0 Å². The summed E-state index contributed by atoms with van der Waals surface area (Å²) in [5, 5.41) is 8.94. The summed E-state index contributed by atoms with van der Waals surface area (Å²) < 4.78 is 5.57. The zero-order valence-electron chi connectivity index (χ0n) is 15.3. The number of nitrogens with zero attached hydrogens (tertiary/aromatic N) is 1. The normalized spacial score (nSPS) is 23.8. The summed E-state index contributed by atoms with van der Waals surface area (Å²) in [6, 6.07) is 5.22. The summed E-state index contributed by atoms with van der Waals surface area (Å²) in [6.07, 6.45) is 0.638. The molecular weight excluding hydrogens is 348 g/mol. The fourth-order valence-electron chi connectivity index (χ4n) is 4.01. The van der Waals surface area contributed by atoms with E-state index in [1.807, 2.05) is 18.2 Å². The van der Waals surface area contributed by atoms with Gasteiger partial charge in [-0.3, -0.25) is 19.7 Å². The van der Waals surface area contributed by atoms with E-state index in [2.05, 4.69) is 16.0 Å². The number of ether oxygens (including phenoxy) is 1. The standard InChI is InChI=1S/C19H24N4O4/c1-27-19(10-21-11-19)9-20-7-12-3-2-4-13-8-23(18(26)16(12)13)14-5-6-15(24)22-17(14)25/h2-4,14,20-21H,5-11H2,1H3,(H,22,24,25). The molecule has 3 aliphatic rings. The Morgan fingerprint density at radius 2 is 2.11 bits per heavy atom. The molecule has 3 amide bonds. The number of carbonyl (C=O) groups is 3. The lowest BCUT2D eigenvalue weighted by molar-refractivity contribution is -0.136. The third-order valence-electron chi connectivity index (χ3n) is 5.73. The number of rotatable bonds is 6. The van der Waals surface area contributed by atoms with Gasteiger partial charge >= 0.3 is 0 Å². The van der Waals surface area contributed by atoms with Crippen LogP contribution < -0.4 is 16.0 Å². The molecule has 27 heavy (non-hydrogen) atoms. The van der Waals surface area contributed by atoms with Crippen LogP contribution in [0, 0.1) is 0 Å². The third-order valence-corrected chi connectivity index (χ3v) is 5.73. The maximum absolute atomic E-state index is 13.0. The van der Waals surface area contributed by atoms with Crippen LogP contribution in [0.3, 0.4) is 0 Å². The number of imide groups is 1. The molecule has 144 valence electrons. The molecule has 0 aliphatic carbocycles. The van der Waals surface area contributed by atoms with E-state index in [9.17, 15) is 14.4 Å². The predicted molar refractivity (Wildman–Crippen MR) is 96.8 cm³/mol. The Morgan fingerprint density at radius 3 is 2.78 bits per heavy atom. The minimum absolute atomic E-state index is 0.135. The lowest BCUT2D eigenvalue weighted by atomic mass is 9.96. The van der Waals surface area contributed by atoms with E-state index in [1.165, 1.54) is 0 Å². The molecule has 4 rings (SSSR count). The van der Waals surface area contributed by atoms with Crippen LogP contribution in [0.2, 0.25) is 0 Å². The fraction of sp³-hybridized carbons (Fsp3) is 0.526. The molecule has 1 atom stereocenters. The first kappa shape index (κ1) is 18.1. The van der Waals surface area contributed by atoms with Crippen molar-refractivity contribution in [3.05, 3.63) is 34.9 Å². The molecule has 0 bridgehead atoms. The second kappa shape index (κ2) is 7.03. The monoisotopic (exact) mass is 372 g/mol. The van der Waals surface area contributed by atoms with Gasteiger partial charge in [0.1, 0.15) is 11.6 Å². The maximum atomic E-state index is 13.0. The zero-order chi connectivity index (χ0) is 19.0. The van der Waals surface area contributed by atoms with Crippen molar-refractivity contribution in [2.75, 3.05) is 26.7 Å². The lowest BCUT2D eigenvalue weighted by Gasteiger charge is -2.41. The van der Waals surface area contributed by atoms with Gasteiger partial charge in [-0.1, -0.05) is 18.2 Å². The summed E-state index contributed by atoms with van der Waals surface area (Å²) in [4.78, 5) is 38.2. The van der Waals surface area contributed by atoms with Gasteiger partial charge in [0, 0.05) is 51.8 Å². The molecule has 2 saturated heterocycles. The van der Waals surface area contributed by atoms with Crippen LogP contribution in [0.4, 0.5) is 0 Å². The number of amides is 3. The average molecular weight is 372 g/mol. The van der Waals surface area contributed by atoms with Gasteiger partial charge in [0.15, 0.2) is 0 Å². The number of methoxy groups -OCH3 is 1. The highest BCUT2D eigenvalue weighted by Gasteiger charge is 2.40. The lowest BCUT2D eigenvalue weighted by Crippen LogP contribution is -2.65. The van der Waals surface area contributed by atoms with Crippen molar-refractivity contribution < 1.29 is 19.1 Å². The van der Waals surface area contributed by atoms with E-state index in [0.29, 0.717) is 31.6 Å². The summed E-state index contributed by atoms with van der Waals surface area (Å²) in [5.74, 6) is -0.793. The Hall–Kier alpha value is -2.29. The summed E-state index contributed by atoms with van der Waals surface area (Å²) in [5.41, 5.74) is 2.34. The van der Waals surface area contributed by atoms with Crippen molar-refractivity contribution >= 4 is 17.7 Å². The topological polar surface area (TPSA) is 99.8 Å². The van der Waals surface area contributed by atoms with Gasteiger partial charge < -0.3 is 20.3 Å². The van der Waals surface area contributed by atoms with Gasteiger partial charge in [0.2, 0.25) is 11.8 Å². The van der Waals surface area contributed by atoms with Crippen LogP contribution in [0.1, 0.15) is 34.3 Å². The number of carbonyl (C=O) groups excluding carboxylic acids is 3. The SMILES string of the molecule is COC1(CNCc2cccc3c2C(=O)N(C2CCC(=O)NC2=O)C3)CNC1. The highest BCUT2D eigenvalue weighted by molar-refractivity contribution is 6.05. The van der Waals surface area contributed by atoms with Crippen LogP contribution in [0.25, 0.3) is 0 Å². The average Bonchev–Trinajstić information content (AvgIpc) is 2.95. The van der Waals surface area contributed by atoms with Crippen molar-refractivity contribution in [1.29, 1.82) is 0 Å². The molecular formula is C19H24N4O4. The van der Waals surface area contributed by atoms with Crippen LogP contribution >= 0.6 is 0 Å². The van der Waals surface area contributed by atoms with Crippen molar-refractivity contribution in [2.24, 2.45) is 0 Å². The maximum Gasteiger partial charge on any atom is 0.255 e. The Bertz CT molecular complexity index is 784. The first-order chi connectivity index (χ1) is 13.0. The zero-order valence-corrected chi connectivity index (χ0v) is 15.3. The van der Waals surface area contributed by atoms with Crippen molar-refractivity contribution in [3.8, 4) is 0 Å². The molecule has 0 aromatic heterocycles. The van der Waals surface area contributed by atoms with E-state index < -0.39 is 6.04 Å². The molecule has 1 unspecified atom stereocenters. The van der Waals surface area contributed by atoms with Crippen LogP contribution in [0.5, 0.6) is 0 Å². The third kappa shape index (κ3) is 3.24. The van der Waals surface area contributed by atoms with Gasteiger partial charge in [-0.2, -0.15) is 0 Å². The number of fused-ring (bicyclic) bond motifs is 1. The second-order valence-corrected chi connectivity index (χ2v) is 7.45. The molecule has 3 N–H and O–H groups in total. The van der Waals surface area contributed by atoms with Gasteiger partial charge in [-0.15, -0.1) is 0 Å². The molecule has 0 saturated carbocycles. The highest BCUT2D eigenvalue weighted by atomic mass is 16.5. The summed E-state index contributed by atoms with van der Waals surface area (Å²) in [7, 11) is 1.71. The Kier molecular flexibility index (Phi) is 4.71. The van der Waals surface area contributed by atoms with Crippen LogP contribution in [-0.2, 0) is 27.4 Å². The second-order valence-electron chi connectivity index (χ2n) is 7.45. The van der Waals surface area contributed by atoms with Crippen LogP contribution in [0.15, 0.2) is 18.2 Å². The van der Waals surface area contributed by atoms with E-state index in [1.54, 1.807) is 12.0 Å². The van der Waals surface area contributed by atoms with Crippen LogP contribution in [-0.4, -0.2) is 61.0 Å². The minimum atomic E-state index is -0.582. The molecule has 0 spiro atoms. The highest BCUT2D eigenvalue weighted by Crippen LogP contribution is 2.30. The Morgan fingerprint density at radius 1 is 1.30 bits per heavy atom. The molecule has 2 fully saturated rings. The molecule has 8 heteroatoms. The molecule has 8 nitrogen and oxygen atoms in total.